The monoisotopic (exact) mass is 503 g/mol. The largest absolute Gasteiger partial charge is 0.457 e. The molecule has 2 aromatic carbocycles. The summed E-state index contributed by atoms with van der Waals surface area (Å²) in [5.41, 5.74) is 4.06. The molecule has 1 N–H and O–H groups in total. The first-order valence-electron chi connectivity index (χ1n) is 12.1. The lowest BCUT2D eigenvalue weighted by molar-refractivity contribution is 0.482. The molecule has 4 heterocycles. The van der Waals surface area contributed by atoms with E-state index in [1.165, 1.54) is 0 Å². The van der Waals surface area contributed by atoms with Crippen molar-refractivity contribution in [1.82, 2.24) is 19.9 Å². The molecule has 2 atom stereocenters. The number of ether oxygens (including phenoxy) is 1. The number of thiocarbonyl (C=S) groups is 1. The van der Waals surface area contributed by atoms with Crippen LogP contribution >= 0.6 is 12.2 Å². The lowest BCUT2D eigenvalue weighted by Gasteiger charge is -2.29. The maximum Gasteiger partial charge on any atom is 0.174 e. The average Bonchev–Trinajstić information content (AvgIpc) is 3.55. The van der Waals surface area contributed by atoms with Gasteiger partial charge in [0.25, 0.3) is 0 Å². The topological polar surface area (TPSA) is 55.2 Å². The summed E-state index contributed by atoms with van der Waals surface area (Å²) >= 11 is 5.90. The number of nitrogens with zero attached hydrogens (tertiary/aromatic N) is 4. The minimum Gasteiger partial charge on any atom is -0.457 e. The van der Waals surface area contributed by atoms with Gasteiger partial charge in [0.2, 0.25) is 0 Å². The average molecular weight is 504 g/mol. The maximum absolute atomic E-state index is 6.01. The summed E-state index contributed by atoms with van der Waals surface area (Å²) in [5, 5.41) is 4.17. The molecule has 1 fully saturated rings. The summed E-state index contributed by atoms with van der Waals surface area (Å²) < 4.78 is 8.13. The van der Waals surface area contributed by atoms with Crippen LogP contribution in [0.1, 0.15) is 29.0 Å². The van der Waals surface area contributed by atoms with Crippen molar-refractivity contribution in [2.45, 2.75) is 19.0 Å². The number of aryl methyl sites for hydroxylation is 1. The Balaban J connectivity index is 1.40. The second kappa shape index (κ2) is 9.87. The van der Waals surface area contributed by atoms with Gasteiger partial charge < -0.3 is 19.5 Å². The minimum atomic E-state index is -0.151. The van der Waals surface area contributed by atoms with Crippen LogP contribution in [0.3, 0.4) is 0 Å². The van der Waals surface area contributed by atoms with Crippen molar-refractivity contribution >= 4 is 23.0 Å². The van der Waals surface area contributed by atoms with Crippen LogP contribution in [-0.2, 0) is 0 Å². The van der Waals surface area contributed by atoms with E-state index in [9.17, 15) is 0 Å². The summed E-state index contributed by atoms with van der Waals surface area (Å²) in [4.78, 5) is 11.5. The van der Waals surface area contributed by atoms with E-state index in [1.807, 2.05) is 110 Å². The zero-order valence-electron chi connectivity index (χ0n) is 20.2. The second-order valence-electron chi connectivity index (χ2n) is 8.90. The number of para-hydroxylation sites is 1. The van der Waals surface area contributed by atoms with Crippen molar-refractivity contribution in [3.8, 4) is 17.3 Å². The predicted octanol–water partition coefficient (Wildman–Crippen LogP) is 6.55. The number of nitrogens with one attached hydrogen (secondary N) is 1. The number of benzene rings is 2. The molecule has 6 rings (SSSR count). The Morgan fingerprint density at radius 1 is 0.811 bits per heavy atom. The van der Waals surface area contributed by atoms with Crippen molar-refractivity contribution in [2.24, 2.45) is 0 Å². The molecule has 37 heavy (non-hydrogen) atoms. The third kappa shape index (κ3) is 4.57. The Morgan fingerprint density at radius 2 is 1.59 bits per heavy atom. The van der Waals surface area contributed by atoms with E-state index in [-0.39, 0.29) is 12.1 Å². The first kappa shape index (κ1) is 22.9. The number of hydrogen-bond acceptors (Lipinski definition) is 4. The highest BCUT2D eigenvalue weighted by atomic mass is 32.1. The first-order chi connectivity index (χ1) is 18.2. The van der Waals surface area contributed by atoms with Crippen LogP contribution in [0.5, 0.6) is 11.5 Å². The van der Waals surface area contributed by atoms with Crippen LogP contribution in [-0.4, -0.2) is 19.6 Å². The highest BCUT2D eigenvalue weighted by Crippen LogP contribution is 2.42. The smallest absolute Gasteiger partial charge is 0.174 e. The van der Waals surface area contributed by atoms with Crippen molar-refractivity contribution < 1.29 is 4.74 Å². The molecule has 0 amide bonds. The zero-order chi connectivity index (χ0) is 25.2. The lowest BCUT2D eigenvalue weighted by Crippen LogP contribution is -2.30. The van der Waals surface area contributed by atoms with E-state index >= 15 is 0 Å². The van der Waals surface area contributed by atoms with Gasteiger partial charge in [-0.15, -0.1) is 0 Å². The fraction of sp³-hybridized carbons (Fsp3) is 0.100. The van der Waals surface area contributed by atoms with E-state index in [1.54, 1.807) is 0 Å². The number of pyridine rings is 2. The zero-order valence-corrected chi connectivity index (χ0v) is 21.0. The molecular weight excluding hydrogens is 478 g/mol. The standard InChI is InChI=1S/C30H25N5OS/c1-21-12-17-27(32-20-21)34-19-7-11-26(34)29-28(25-10-5-6-18-31-25)33-30(37)35(29)22-13-15-24(16-14-22)36-23-8-3-2-4-9-23/h2-20,28-29H,1H3,(H,33,37)/t28-,29+/m1/s1. The molecule has 182 valence electrons. The normalized spacial score (nSPS) is 17.0. The van der Waals surface area contributed by atoms with Crippen molar-refractivity contribution in [3.05, 3.63) is 133 Å². The van der Waals surface area contributed by atoms with Gasteiger partial charge in [-0.05, 0) is 91.4 Å². The molecule has 1 aliphatic rings. The van der Waals surface area contributed by atoms with E-state index in [0.717, 1.165) is 40.0 Å². The molecule has 0 unspecified atom stereocenters. The number of hydrogen-bond donors (Lipinski definition) is 1. The van der Waals surface area contributed by atoms with Crippen molar-refractivity contribution in [1.29, 1.82) is 0 Å². The van der Waals surface area contributed by atoms with E-state index in [4.69, 9.17) is 17.0 Å². The Kier molecular flexibility index (Phi) is 6.12. The fourth-order valence-electron chi connectivity index (χ4n) is 4.68. The number of rotatable bonds is 6. The van der Waals surface area contributed by atoms with Crippen LogP contribution in [0.2, 0.25) is 0 Å². The minimum absolute atomic E-state index is 0.145. The summed E-state index contributed by atoms with van der Waals surface area (Å²) in [6, 6.07) is 31.7. The number of anilines is 1. The molecule has 1 saturated heterocycles. The third-order valence-corrected chi connectivity index (χ3v) is 6.73. The molecule has 5 aromatic rings. The van der Waals surface area contributed by atoms with Gasteiger partial charge in [0.05, 0.1) is 11.7 Å². The SMILES string of the molecule is Cc1ccc(-n2cccc2[C@H]2[C@@H](c3ccccn3)NC(=S)N2c2ccc(Oc3ccccc3)cc2)nc1. The molecule has 0 bridgehead atoms. The van der Waals surface area contributed by atoms with Crippen LogP contribution < -0.4 is 15.0 Å². The van der Waals surface area contributed by atoms with Crippen molar-refractivity contribution in [3.63, 3.8) is 0 Å². The van der Waals surface area contributed by atoms with Gasteiger partial charge in [0, 0.05) is 30.0 Å². The molecule has 0 spiro atoms. The molecule has 0 aliphatic carbocycles. The molecular formula is C30H25N5OS. The highest BCUT2D eigenvalue weighted by molar-refractivity contribution is 7.80. The molecule has 3 aromatic heterocycles. The Labute approximate surface area is 221 Å². The van der Waals surface area contributed by atoms with Gasteiger partial charge in [0.1, 0.15) is 23.4 Å². The molecule has 0 saturated carbocycles. The third-order valence-electron chi connectivity index (χ3n) is 6.42. The van der Waals surface area contributed by atoms with Gasteiger partial charge in [-0.1, -0.05) is 30.3 Å². The summed E-state index contributed by atoms with van der Waals surface area (Å²) in [5.74, 6) is 2.41. The van der Waals surface area contributed by atoms with Gasteiger partial charge in [-0.2, -0.15) is 0 Å². The van der Waals surface area contributed by atoms with Gasteiger partial charge in [-0.25, -0.2) is 4.98 Å². The maximum atomic E-state index is 6.01. The number of aromatic nitrogens is 3. The summed E-state index contributed by atoms with van der Waals surface area (Å²) in [7, 11) is 0. The van der Waals surface area contributed by atoms with E-state index in [2.05, 4.69) is 36.9 Å². The molecule has 7 heteroatoms. The lowest BCUT2D eigenvalue weighted by atomic mass is 10.0. The quantitative estimate of drug-likeness (QED) is 0.265. The highest BCUT2D eigenvalue weighted by Gasteiger charge is 2.42. The Morgan fingerprint density at radius 3 is 2.32 bits per heavy atom. The van der Waals surface area contributed by atoms with E-state index in [0.29, 0.717) is 5.11 Å². The summed E-state index contributed by atoms with van der Waals surface area (Å²) in [6.45, 7) is 2.04. The van der Waals surface area contributed by atoms with Gasteiger partial charge >= 0.3 is 0 Å². The predicted molar refractivity (Wildman–Crippen MR) is 149 cm³/mol. The van der Waals surface area contributed by atoms with Gasteiger partial charge in [0.15, 0.2) is 5.11 Å². The summed E-state index contributed by atoms with van der Waals surface area (Å²) in [6.07, 6.45) is 5.74. The molecule has 6 nitrogen and oxygen atoms in total. The fourth-order valence-corrected chi connectivity index (χ4v) is 5.03. The van der Waals surface area contributed by atoms with Crippen molar-refractivity contribution in [2.75, 3.05) is 4.90 Å². The van der Waals surface area contributed by atoms with E-state index < -0.39 is 0 Å². The second-order valence-corrected chi connectivity index (χ2v) is 9.29. The van der Waals surface area contributed by atoms with Crippen LogP contribution in [0.4, 0.5) is 5.69 Å². The van der Waals surface area contributed by atoms with Crippen LogP contribution in [0.15, 0.2) is 116 Å². The molecule has 0 radical (unpaired) electrons. The van der Waals surface area contributed by atoms with Gasteiger partial charge in [-0.3, -0.25) is 4.98 Å². The first-order valence-corrected chi connectivity index (χ1v) is 12.5. The van der Waals surface area contributed by atoms with Crippen LogP contribution in [0, 0.1) is 6.92 Å². The Bertz CT molecular complexity index is 1500. The molecule has 1 aliphatic heterocycles. The Hall–Kier alpha value is -4.49. The van der Waals surface area contributed by atoms with Crippen LogP contribution in [0.25, 0.3) is 5.82 Å².